The van der Waals surface area contributed by atoms with Gasteiger partial charge in [0.2, 0.25) is 0 Å². The van der Waals surface area contributed by atoms with Gasteiger partial charge >= 0.3 is 0 Å². The van der Waals surface area contributed by atoms with Gasteiger partial charge in [-0.05, 0) is 54.9 Å². The predicted molar refractivity (Wildman–Crippen MR) is 63.9 cm³/mol. The molecule has 0 saturated carbocycles. The van der Waals surface area contributed by atoms with Crippen molar-refractivity contribution in [2.75, 3.05) is 0 Å². The maximum absolute atomic E-state index is 2.33. The summed E-state index contributed by atoms with van der Waals surface area (Å²) in [6.07, 6.45) is 5.16. The molecule has 0 heterocycles. The van der Waals surface area contributed by atoms with E-state index in [-0.39, 0.29) is 0 Å². The Labute approximate surface area is 88.4 Å². The van der Waals surface area contributed by atoms with Gasteiger partial charge in [-0.15, -0.1) is 0 Å². The first-order valence-corrected chi connectivity index (χ1v) is 5.93. The third kappa shape index (κ3) is 2.00. The standard InChI is InChI=1S/C12H16.C2H6/c1-3-10-7-8-11-5-4-6-12(11)9(10)2;1-2/h7-8H,3-6H2,1-2H3;1-2H3. The van der Waals surface area contributed by atoms with E-state index in [4.69, 9.17) is 0 Å². The molecule has 78 valence electrons. The van der Waals surface area contributed by atoms with Gasteiger partial charge in [-0.3, -0.25) is 0 Å². The highest BCUT2D eigenvalue weighted by Gasteiger charge is 2.13. The minimum absolute atomic E-state index is 1.18. The van der Waals surface area contributed by atoms with Crippen molar-refractivity contribution < 1.29 is 0 Å². The first-order chi connectivity index (χ1) is 6.83. The lowest BCUT2D eigenvalue weighted by atomic mass is 9.97. The minimum Gasteiger partial charge on any atom is -0.0683 e. The Bertz CT molecular complexity index is 297. The molecule has 1 aliphatic carbocycles. The Morgan fingerprint density at radius 3 is 2.50 bits per heavy atom. The van der Waals surface area contributed by atoms with Gasteiger partial charge < -0.3 is 0 Å². The van der Waals surface area contributed by atoms with Crippen LogP contribution in [0.5, 0.6) is 0 Å². The van der Waals surface area contributed by atoms with Crippen molar-refractivity contribution in [1.29, 1.82) is 0 Å². The Morgan fingerprint density at radius 1 is 1.14 bits per heavy atom. The monoisotopic (exact) mass is 190 g/mol. The summed E-state index contributed by atoms with van der Waals surface area (Å²) < 4.78 is 0. The first-order valence-electron chi connectivity index (χ1n) is 5.93. The predicted octanol–water partition coefficient (Wildman–Crippen LogP) is 4.07. The van der Waals surface area contributed by atoms with E-state index in [1.165, 1.54) is 31.2 Å². The Balaban J connectivity index is 0.000000461. The van der Waals surface area contributed by atoms with Crippen molar-refractivity contribution in [3.8, 4) is 0 Å². The normalized spacial score (nSPS) is 13.1. The number of aryl methyl sites for hydroxylation is 2. The summed E-state index contributed by atoms with van der Waals surface area (Å²) in [5, 5.41) is 0. The van der Waals surface area contributed by atoms with Crippen LogP contribution in [0.25, 0.3) is 0 Å². The summed E-state index contributed by atoms with van der Waals surface area (Å²) in [4.78, 5) is 0. The summed E-state index contributed by atoms with van der Waals surface area (Å²) in [5.41, 5.74) is 6.35. The summed E-state index contributed by atoms with van der Waals surface area (Å²) in [5.74, 6) is 0. The zero-order valence-corrected chi connectivity index (χ0v) is 9.98. The zero-order chi connectivity index (χ0) is 10.6. The highest BCUT2D eigenvalue weighted by molar-refractivity contribution is 5.42. The van der Waals surface area contributed by atoms with Gasteiger partial charge in [-0.2, -0.15) is 0 Å². The van der Waals surface area contributed by atoms with Crippen LogP contribution in [0.3, 0.4) is 0 Å². The smallest absolute Gasteiger partial charge is 0.0270 e. The molecule has 0 heteroatoms. The highest BCUT2D eigenvalue weighted by Crippen LogP contribution is 2.27. The van der Waals surface area contributed by atoms with Crippen molar-refractivity contribution in [1.82, 2.24) is 0 Å². The van der Waals surface area contributed by atoms with Gasteiger partial charge in [0.05, 0.1) is 0 Å². The van der Waals surface area contributed by atoms with Gasteiger partial charge in [-0.25, -0.2) is 0 Å². The van der Waals surface area contributed by atoms with Crippen LogP contribution in [0.15, 0.2) is 12.1 Å². The summed E-state index contributed by atoms with van der Waals surface area (Å²) >= 11 is 0. The molecule has 1 aromatic carbocycles. The second-order valence-corrected chi connectivity index (χ2v) is 3.69. The molecule has 0 atom stereocenters. The molecule has 0 aromatic heterocycles. The molecule has 0 saturated heterocycles. The molecule has 0 bridgehead atoms. The van der Waals surface area contributed by atoms with E-state index >= 15 is 0 Å². The second kappa shape index (κ2) is 5.19. The van der Waals surface area contributed by atoms with Gasteiger partial charge in [0, 0.05) is 0 Å². The molecule has 1 aromatic rings. The molecule has 0 unspecified atom stereocenters. The van der Waals surface area contributed by atoms with Crippen LogP contribution in [0.2, 0.25) is 0 Å². The number of hydrogen-bond acceptors (Lipinski definition) is 0. The van der Waals surface area contributed by atoms with E-state index < -0.39 is 0 Å². The van der Waals surface area contributed by atoms with E-state index in [0.29, 0.717) is 0 Å². The molecular weight excluding hydrogens is 168 g/mol. The lowest BCUT2D eigenvalue weighted by Crippen LogP contribution is -1.93. The van der Waals surface area contributed by atoms with Crippen molar-refractivity contribution in [3.05, 3.63) is 34.4 Å². The molecule has 0 fully saturated rings. The van der Waals surface area contributed by atoms with E-state index in [1.54, 1.807) is 16.7 Å². The van der Waals surface area contributed by atoms with Gasteiger partial charge in [-0.1, -0.05) is 32.9 Å². The fraction of sp³-hybridized carbons (Fsp3) is 0.571. The number of fused-ring (bicyclic) bond motifs is 1. The SMILES string of the molecule is CC.CCc1ccc2c(c1C)CCC2. The molecular formula is C14H22. The first kappa shape index (κ1) is 11.3. The van der Waals surface area contributed by atoms with Crippen LogP contribution < -0.4 is 0 Å². The Hall–Kier alpha value is -0.780. The van der Waals surface area contributed by atoms with E-state index in [9.17, 15) is 0 Å². The summed E-state index contributed by atoms with van der Waals surface area (Å²) in [7, 11) is 0. The van der Waals surface area contributed by atoms with Crippen molar-refractivity contribution in [3.63, 3.8) is 0 Å². The highest BCUT2D eigenvalue weighted by atomic mass is 14.2. The van der Waals surface area contributed by atoms with Gasteiger partial charge in [0.15, 0.2) is 0 Å². The largest absolute Gasteiger partial charge is 0.0683 e. The quantitative estimate of drug-likeness (QED) is 0.626. The Kier molecular flexibility index (Phi) is 4.19. The summed E-state index contributed by atoms with van der Waals surface area (Å²) in [6.45, 7) is 8.52. The van der Waals surface area contributed by atoms with Gasteiger partial charge in [0.25, 0.3) is 0 Å². The molecule has 1 aliphatic rings. The maximum atomic E-state index is 2.33. The maximum Gasteiger partial charge on any atom is -0.0270 e. The van der Waals surface area contributed by atoms with Crippen LogP contribution in [0, 0.1) is 6.92 Å². The zero-order valence-electron chi connectivity index (χ0n) is 9.98. The molecule has 14 heavy (non-hydrogen) atoms. The van der Waals surface area contributed by atoms with Gasteiger partial charge in [0.1, 0.15) is 0 Å². The number of rotatable bonds is 1. The molecule has 0 N–H and O–H groups in total. The average Bonchev–Trinajstić information content (AvgIpc) is 2.70. The van der Waals surface area contributed by atoms with E-state index in [2.05, 4.69) is 26.0 Å². The fourth-order valence-electron chi connectivity index (χ4n) is 2.28. The van der Waals surface area contributed by atoms with Crippen molar-refractivity contribution in [2.45, 2.75) is 53.4 Å². The molecule has 0 radical (unpaired) electrons. The van der Waals surface area contributed by atoms with Crippen LogP contribution in [0.1, 0.15) is 49.4 Å². The van der Waals surface area contributed by atoms with Crippen LogP contribution in [0.4, 0.5) is 0 Å². The molecule has 0 aliphatic heterocycles. The second-order valence-electron chi connectivity index (χ2n) is 3.69. The third-order valence-electron chi connectivity index (χ3n) is 3.06. The Morgan fingerprint density at radius 2 is 1.86 bits per heavy atom. The van der Waals surface area contributed by atoms with Crippen LogP contribution in [-0.4, -0.2) is 0 Å². The number of benzene rings is 1. The lowest BCUT2D eigenvalue weighted by Gasteiger charge is -2.08. The van der Waals surface area contributed by atoms with Crippen molar-refractivity contribution >= 4 is 0 Å². The number of hydrogen-bond donors (Lipinski definition) is 0. The summed E-state index contributed by atoms with van der Waals surface area (Å²) in [6, 6.07) is 4.63. The molecule has 0 spiro atoms. The lowest BCUT2D eigenvalue weighted by molar-refractivity contribution is 0.908. The van der Waals surface area contributed by atoms with Crippen LogP contribution in [-0.2, 0) is 19.3 Å². The molecule has 2 rings (SSSR count). The van der Waals surface area contributed by atoms with Crippen molar-refractivity contribution in [2.24, 2.45) is 0 Å². The average molecular weight is 190 g/mol. The molecule has 0 amide bonds. The van der Waals surface area contributed by atoms with Crippen LogP contribution >= 0.6 is 0 Å². The third-order valence-corrected chi connectivity index (χ3v) is 3.06. The van der Waals surface area contributed by atoms with E-state index in [1.807, 2.05) is 13.8 Å². The topological polar surface area (TPSA) is 0 Å². The minimum atomic E-state index is 1.18. The fourth-order valence-corrected chi connectivity index (χ4v) is 2.28. The van der Waals surface area contributed by atoms with E-state index in [0.717, 1.165) is 0 Å². The molecule has 0 nitrogen and oxygen atoms in total.